The average molecular weight is 286 g/mol. The molecule has 0 aromatic heterocycles. The van der Waals surface area contributed by atoms with Crippen molar-refractivity contribution in [3.05, 3.63) is 65.0 Å². The Labute approximate surface area is 121 Å². The van der Waals surface area contributed by atoms with Gasteiger partial charge in [0.15, 0.2) is 0 Å². The van der Waals surface area contributed by atoms with Crippen molar-refractivity contribution in [3.63, 3.8) is 0 Å². The summed E-state index contributed by atoms with van der Waals surface area (Å²) in [6.45, 7) is 1.83. The summed E-state index contributed by atoms with van der Waals surface area (Å²) in [5, 5.41) is 13.5. The smallest absolute Gasteiger partial charge is 0.244 e. The Morgan fingerprint density at radius 3 is 2.81 bits per heavy atom. The fourth-order valence-electron chi connectivity index (χ4n) is 1.87. The van der Waals surface area contributed by atoms with Crippen LogP contribution in [0.4, 0.5) is 4.39 Å². The monoisotopic (exact) mass is 286 g/mol. The Hall–Kier alpha value is -2.69. The molecule has 0 heterocycles. The second-order valence-corrected chi connectivity index (χ2v) is 4.61. The van der Waals surface area contributed by atoms with Crippen LogP contribution in [0.1, 0.15) is 16.7 Å². The van der Waals surface area contributed by atoms with Crippen molar-refractivity contribution < 1.29 is 14.3 Å². The number of phenolic OH excluding ortho intramolecular Hbond substituents is 1. The number of rotatable bonds is 4. The maximum Gasteiger partial charge on any atom is 0.244 e. The Kier molecular flexibility index (Phi) is 4.66. The van der Waals surface area contributed by atoms with E-state index in [0.29, 0.717) is 11.1 Å². The third-order valence-corrected chi connectivity index (χ3v) is 2.94. The summed E-state index contributed by atoms with van der Waals surface area (Å²) in [4.78, 5) is 11.7. The number of hydrogen-bond donors (Lipinski definition) is 2. The van der Waals surface area contributed by atoms with Crippen LogP contribution in [0.15, 0.2) is 47.6 Å². The van der Waals surface area contributed by atoms with Crippen molar-refractivity contribution in [1.82, 2.24) is 5.43 Å². The lowest BCUT2D eigenvalue weighted by Crippen LogP contribution is -2.19. The third kappa shape index (κ3) is 4.14. The molecule has 1 amide bonds. The van der Waals surface area contributed by atoms with Gasteiger partial charge in [0.2, 0.25) is 5.91 Å². The topological polar surface area (TPSA) is 61.7 Å². The highest BCUT2D eigenvalue weighted by molar-refractivity contribution is 5.87. The molecule has 0 aliphatic rings. The molecule has 2 rings (SSSR count). The predicted molar refractivity (Wildman–Crippen MR) is 78.7 cm³/mol. The average Bonchev–Trinajstić information content (AvgIpc) is 2.42. The summed E-state index contributed by atoms with van der Waals surface area (Å²) >= 11 is 0. The lowest BCUT2D eigenvalue weighted by atomic mass is 10.1. The number of phenols is 1. The fourth-order valence-corrected chi connectivity index (χ4v) is 1.87. The minimum absolute atomic E-state index is 0.0366. The summed E-state index contributed by atoms with van der Waals surface area (Å²) < 4.78 is 13.0. The Bertz CT molecular complexity index is 663. The molecule has 4 nitrogen and oxygen atoms in total. The molecule has 108 valence electrons. The molecule has 21 heavy (non-hydrogen) atoms. The molecule has 5 heteroatoms. The van der Waals surface area contributed by atoms with Crippen LogP contribution in [-0.2, 0) is 11.2 Å². The van der Waals surface area contributed by atoms with E-state index in [1.165, 1.54) is 18.3 Å². The maximum absolute atomic E-state index is 13.0. The number of carbonyl (C=O) groups excluding carboxylic acids is 1. The quantitative estimate of drug-likeness (QED) is 0.670. The summed E-state index contributed by atoms with van der Waals surface area (Å²) in [6, 6.07) is 10.9. The van der Waals surface area contributed by atoms with E-state index in [1.54, 1.807) is 24.3 Å². The largest absolute Gasteiger partial charge is 0.507 e. The van der Waals surface area contributed by atoms with Gasteiger partial charge in [0.05, 0.1) is 12.6 Å². The number of benzene rings is 2. The summed E-state index contributed by atoms with van der Waals surface area (Å²) in [5.41, 5.74) is 4.31. The number of nitrogens with one attached hydrogen (secondary N) is 1. The van der Waals surface area contributed by atoms with Gasteiger partial charge < -0.3 is 5.11 Å². The normalized spacial score (nSPS) is 10.8. The highest BCUT2D eigenvalue weighted by atomic mass is 19.1. The molecule has 2 aromatic carbocycles. The lowest BCUT2D eigenvalue weighted by molar-refractivity contribution is -0.120. The fraction of sp³-hybridized carbons (Fsp3) is 0.125. The van der Waals surface area contributed by atoms with E-state index < -0.39 is 0 Å². The standard InChI is InChI=1S/C16H15FN2O2/c1-11-4-2-7-15(20)14(11)10-18-19-16(21)9-12-5-3-6-13(17)8-12/h2-8,10,20H,9H2,1H3,(H,19,21). The van der Waals surface area contributed by atoms with Gasteiger partial charge in [-0.1, -0.05) is 24.3 Å². The van der Waals surface area contributed by atoms with Gasteiger partial charge in [-0.25, -0.2) is 9.82 Å². The van der Waals surface area contributed by atoms with Crippen molar-refractivity contribution in [2.75, 3.05) is 0 Å². The first-order valence-corrected chi connectivity index (χ1v) is 6.41. The number of amides is 1. The molecule has 0 saturated heterocycles. The molecular formula is C16H15FN2O2. The third-order valence-electron chi connectivity index (χ3n) is 2.94. The van der Waals surface area contributed by atoms with E-state index in [1.807, 2.05) is 13.0 Å². The van der Waals surface area contributed by atoms with Gasteiger partial charge >= 0.3 is 0 Å². The molecule has 0 aliphatic heterocycles. The number of nitrogens with zero attached hydrogens (tertiary/aromatic N) is 1. The van der Waals surface area contributed by atoms with Crippen molar-refractivity contribution in [2.45, 2.75) is 13.3 Å². The molecule has 0 fully saturated rings. The van der Waals surface area contributed by atoms with Gasteiger partial charge in [-0.3, -0.25) is 4.79 Å². The van der Waals surface area contributed by atoms with Crippen LogP contribution in [0.2, 0.25) is 0 Å². The van der Waals surface area contributed by atoms with Crippen LogP contribution in [0.5, 0.6) is 5.75 Å². The maximum atomic E-state index is 13.0. The Balaban J connectivity index is 1.96. The summed E-state index contributed by atoms with van der Waals surface area (Å²) in [5.74, 6) is -0.642. The molecule has 0 radical (unpaired) electrons. The number of carbonyl (C=O) groups is 1. The van der Waals surface area contributed by atoms with Crippen LogP contribution >= 0.6 is 0 Å². The molecule has 2 aromatic rings. The van der Waals surface area contributed by atoms with Gasteiger partial charge in [-0.15, -0.1) is 0 Å². The SMILES string of the molecule is Cc1cccc(O)c1C=NNC(=O)Cc1cccc(F)c1. The Morgan fingerprint density at radius 2 is 2.10 bits per heavy atom. The number of aromatic hydroxyl groups is 1. The van der Waals surface area contributed by atoms with Crippen LogP contribution in [0, 0.1) is 12.7 Å². The predicted octanol–water partition coefficient (Wildman–Crippen LogP) is 2.53. The number of aryl methyl sites for hydroxylation is 1. The first-order valence-electron chi connectivity index (χ1n) is 6.41. The Morgan fingerprint density at radius 1 is 1.33 bits per heavy atom. The van der Waals surface area contributed by atoms with E-state index >= 15 is 0 Å². The zero-order valence-corrected chi connectivity index (χ0v) is 11.5. The van der Waals surface area contributed by atoms with Crippen LogP contribution in [0.25, 0.3) is 0 Å². The van der Waals surface area contributed by atoms with E-state index in [2.05, 4.69) is 10.5 Å². The summed E-state index contributed by atoms with van der Waals surface area (Å²) in [7, 11) is 0. The lowest BCUT2D eigenvalue weighted by Gasteiger charge is -2.03. The van der Waals surface area contributed by atoms with Crippen molar-refractivity contribution in [3.8, 4) is 5.75 Å². The minimum atomic E-state index is -0.381. The number of hydrazone groups is 1. The second kappa shape index (κ2) is 6.65. The zero-order chi connectivity index (χ0) is 15.2. The first-order chi connectivity index (χ1) is 10.1. The minimum Gasteiger partial charge on any atom is -0.507 e. The molecule has 0 aliphatic carbocycles. The highest BCUT2D eigenvalue weighted by Gasteiger charge is 2.04. The first kappa shape index (κ1) is 14.7. The van der Waals surface area contributed by atoms with Crippen LogP contribution in [-0.4, -0.2) is 17.2 Å². The molecule has 0 saturated carbocycles. The van der Waals surface area contributed by atoms with Gasteiger partial charge in [0, 0.05) is 5.56 Å². The van der Waals surface area contributed by atoms with Crippen molar-refractivity contribution >= 4 is 12.1 Å². The van der Waals surface area contributed by atoms with E-state index in [-0.39, 0.29) is 23.9 Å². The van der Waals surface area contributed by atoms with Crippen LogP contribution in [0.3, 0.4) is 0 Å². The number of halogens is 1. The van der Waals surface area contributed by atoms with E-state index in [0.717, 1.165) is 5.56 Å². The molecule has 0 unspecified atom stereocenters. The van der Waals surface area contributed by atoms with Crippen molar-refractivity contribution in [2.24, 2.45) is 5.10 Å². The highest BCUT2D eigenvalue weighted by Crippen LogP contribution is 2.17. The molecule has 0 spiro atoms. The molecule has 0 atom stereocenters. The van der Waals surface area contributed by atoms with Crippen molar-refractivity contribution in [1.29, 1.82) is 0 Å². The molecule has 2 N–H and O–H groups in total. The second-order valence-electron chi connectivity index (χ2n) is 4.61. The summed E-state index contributed by atoms with van der Waals surface area (Å²) in [6.07, 6.45) is 1.42. The van der Waals surface area contributed by atoms with Gasteiger partial charge in [0.25, 0.3) is 0 Å². The van der Waals surface area contributed by atoms with Gasteiger partial charge in [0.1, 0.15) is 11.6 Å². The van der Waals surface area contributed by atoms with E-state index in [4.69, 9.17) is 0 Å². The number of hydrogen-bond acceptors (Lipinski definition) is 3. The zero-order valence-electron chi connectivity index (χ0n) is 11.5. The molecular weight excluding hydrogens is 271 g/mol. The van der Waals surface area contributed by atoms with Gasteiger partial charge in [-0.2, -0.15) is 5.10 Å². The molecule has 0 bridgehead atoms. The van der Waals surface area contributed by atoms with E-state index in [9.17, 15) is 14.3 Å². The van der Waals surface area contributed by atoms with Gasteiger partial charge in [-0.05, 0) is 36.2 Å². The van der Waals surface area contributed by atoms with Crippen LogP contribution < -0.4 is 5.43 Å².